The van der Waals surface area contributed by atoms with Crippen molar-refractivity contribution in [2.24, 2.45) is 0 Å². The van der Waals surface area contributed by atoms with E-state index < -0.39 is 0 Å². The number of nitrogens with two attached hydrogens (primary N) is 1. The topological polar surface area (TPSA) is 66.6 Å². The molecule has 0 radical (unpaired) electrons. The Morgan fingerprint density at radius 3 is 2.50 bits per heavy atom. The molecule has 1 amide bonds. The van der Waals surface area contributed by atoms with Gasteiger partial charge in [0.1, 0.15) is 0 Å². The maximum atomic E-state index is 12.8. The molecule has 1 rings (SSSR count). The predicted molar refractivity (Wildman–Crippen MR) is 85.8 cm³/mol. The van der Waals surface area contributed by atoms with Crippen LogP contribution in [0.1, 0.15) is 42.6 Å². The lowest BCUT2D eigenvalue weighted by Crippen LogP contribution is -2.41. The van der Waals surface area contributed by atoms with Crippen LogP contribution in [0.5, 0.6) is 0 Å². The first-order valence-corrected chi connectivity index (χ1v) is 7.72. The summed E-state index contributed by atoms with van der Waals surface area (Å²) in [7, 11) is 0. The summed E-state index contributed by atoms with van der Waals surface area (Å²) in [5.74, 6) is -0.0711. The van der Waals surface area contributed by atoms with Crippen molar-refractivity contribution in [2.45, 2.75) is 39.7 Å². The summed E-state index contributed by atoms with van der Waals surface area (Å²) in [4.78, 5) is 14.5. The molecule has 3 N–H and O–H groups in total. The van der Waals surface area contributed by atoms with Crippen LogP contribution in [0, 0.1) is 6.92 Å². The van der Waals surface area contributed by atoms with Crippen LogP contribution in [0.4, 0.5) is 5.69 Å². The molecule has 0 atom stereocenters. The Hall–Kier alpha value is -1.07. The number of anilines is 1. The molecular formula is C15H23BrN2O2. The minimum absolute atomic E-state index is 0.0369. The van der Waals surface area contributed by atoms with Crippen molar-refractivity contribution in [2.75, 3.05) is 18.9 Å². The molecule has 5 heteroatoms. The number of carbonyl (C=O) groups is 1. The van der Waals surface area contributed by atoms with Crippen LogP contribution in [0.15, 0.2) is 16.6 Å². The highest BCUT2D eigenvalue weighted by atomic mass is 79.9. The molecule has 20 heavy (non-hydrogen) atoms. The molecule has 112 valence electrons. The second kappa shape index (κ2) is 7.64. The molecule has 0 spiro atoms. The molecule has 0 aromatic heterocycles. The predicted octanol–water partition coefficient (Wildman–Crippen LogP) is 2.96. The third-order valence-corrected chi connectivity index (χ3v) is 4.09. The maximum Gasteiger partial charge on any atom is 0.254 e. The molecule has 0 saturated heterocycles. The van der Waals surface area contributed by atoms with Crippen LogP contribution in [-0.2, 0) is 0 Å². The van der Waals surface area contributed by atoms with Crippen LogP contribution in [0.2, 0.25) is 0 Å². The zero-order valence-electron chi connectivity index (χ0n) is 12.3. The molecule has 0 aliphatic rings. The molecule has 0 aliphatic heterocycles. The standard InChI is InChI=1S/C15H23BrN2O2/c1-4-12(5-2)18(6-7-19)15(20)13-8-11(16)9-14(17)10(13)3/h8-9,12,19H,4-7,17H2,1-3H3. The third-order valence-electron chi connectivity index (χ3n) is 3.63. The minimum Gasteiger partial charge on any atom is -0.398 e. The van der Waals surface area contributed by atoms with Gasteiger partial charge in [0.25, 0.3) is 5.91 Å². The highest BCUT2D eigenvalue weighted by Gasteiger charge is 2.24. The summed E-state index contributed by atoms with van der Waals surface area (Å²) in [5, 5.41) is 9.22. The first-order chi connectivity index (χ1) is 9.46. The number of rotatable bonds is 6. The van der Waals surface area contributed by atoms with E-state index in [9.17, 15) is 9.90 Å². The van der Waals surface area contributed by atoms with E-state index in [4.69, 9.17) is 5.73 Å². The van der Waals surface area contributed by atoms with Crippen molar-refractivity contribution in [3.05, 3.63) is 27.7 Å². The molecule has 1 aromatic carbocycles. The fourth-order valence-corrected chi connectivity index (χ4v) is 2.84. The number of hydrogen-bond acceptors (Lipinski definition) is 3. The van der Waals surface area contributed by atoms with E-state index in [1.165, 1.54) is 0 Å². The van der Waals surface area contributed by atoms with Gasteiger partial charge in [0.05, 0.1) is 6.61 Å². The number of hydrogen-bond donors (Lipinski definition) is 2. The average Bonchev–Trinajstić information content (AvgIpc) is 2.42. The Morgan fingerprint density at radius 1 is 1.40 bits per heavy atom. The Morgan fingerprint density at radius 2 is 2.00 bits per heavy atom. The summed E-state index contributed by atoms with van der Waals surface area (Å²) in [5.41, 5.74) is 7.90. The second-order valence-corrected chi connectivity index (χ2v) is 5.78. The van der Waals surface area contributed by atoms with Crippen LogP contribution >= 0.6 is 15.9 Å². The summed E-state index contributed by atoms with van der Waals surface area (Å²) in [6, 6.07) is 3.72. The van der Waals surface area contributed by atoms with Crippen LogP contribution in [0.3, 0.4) is 0 Å². The lowest BCUT2D eigenvalue weighted by Gasteiger charge is -2.30. The average molecular weight is 343 g/mol. The zero-order valence-corrected chi connectivity index (χ0v) is 13.9. The minimum atomic E-state index is -0.0711. The molecule has 1 aromatic rings. The quantitative estimate of drug-likeness (QED) is 0.781. The number of benzene rings is 1. The van der Waals surface area contributed by atoms with Gasteiger partial charge in [-0.25, -0.2) is 0 Å². The number of nitrogens with zero attached hydrogens (tertiary/aromatic N) is 1. The Labute approximate surface area is 129 Å². The number of aliphatic hydroxyl groups is 1. The molecule has 0 fully saturated rings. The highest BCUT2D eigenvalue weighted by Crippen LogP contribution is 2.25. The van der Waals surface area contributed by atoms with Crippen molar-refractivity contribution in [1.82, 2.24) is 4.90 Å². The molecule has 0 aliphatic carbocycles. The maximum absolute atomic E-state index is 12.8. The normalized spacial score (nSPS) is 10.9. The van der Waals surface area contributed by atoms with Crippen molar-refractivity contribution in [3.63, 3.8) is 0 Å². The van der Waals surface area contributed by atoms with Gasteiger partial charge in [0, 0.05) is 28.3 Å². The van der Waals surface area contributed by atoms with Crippen molar-refractivity contribution in [1.29, 1.82) is 0 Å². The van der Waals surface area contributed by atoms with Gasteiger partial charge in [-0.1, -0.05) is 29.8 Å². The lowest BCUT2D eigenvalue weighted by atomic mass is 10.0. The Bertz CT molecular complexity index is 473. The molecule has 0 bridgehead atoms. The van der Waals surface area contributed by atoms with E-state index in [0.29, 0.717) is 17.8 Å². The van der Waals surface area contributed by atoms with Gasteiger partial charge in [-0.05, 0) is 37.5 Å². The third kappa shape index (κ3) is 3.73. The first kappa shape index (κ1) is 17.0. The number of halogens is 1. The van der Waals surface area contributed by atoms with Crippen molar-refractivity contribution >= 4 is 27.5 Å². The van der Waals surface area contributed by atoms with Crippen molar-refractivity contribution in [3.8, 4) is 0 Å². The summed E-state index contributed by atoms with van der Waals surface area (Å²) in [6.45, 7) is 6.25. The SMILES string of the molecule is CCC(CC)N(CCO)C(=O)c1cc(Br)cc(N)c1C. The number of carbonyl (C=O) groups excluding carboxylic acids is 1. The monoisotopic (exact) mass is 342 g/mol. The molecule has 0 saturated carbocycles. The van der Waals surface area contributed by atoms with Gasteiger partial charge in [0.2, 0.25) is 0 Å². The summed E-state index contributed by atoms with van der Waals surface area (Å²) in [6.07, 6.45) is 1.73. The number of amides is 1. The Balaban J connectivity index is 3.18. The van der Waals surface area contributed by atoms with E-state index in [1.54, 1.807) is 17.0 Å². The number of nitrogen functional groups attached to an aromatic ring is 1. The van der Waals surface area contributed by atoms with Crippen molar-refractivity contribution < 1.29 is 9.90 Å². The van der Waals surface area contributed by atoms with E-state index in [0.717, 1.165) is 22.9 Å². The first-order valence-electron chi connectivity index (χ1n) is 6.93. The fourth-order valence-electron chi connectivity index (χ4n) is 2.36. The molecule has 0 unspecified atom stereocenters. The van der Waals surface area contributed by atoms with Gasteiger partial charge in [0.15, 0.2) is 0 Å². The van der Waals surface area contributed by atoms with Crippen LogP contribution in [-0.4, -0.2) is 35.1 Å². The number of aliphatic hydroxyl groups excluding tert-OH is 1. The van der Waals surface area contributed by atoms with E-state index in [-0.39, 0.29) is 18.6 Å². The lowest BCUT2D eigenvalue weighted by molar-refractivity contribution is 0.0621. The van der Waals surface area contributed by atoms with Gasteiger partial charge in [-0.2, -0.15) is 0 Å². The van der Waals surface area contributed by atoms with E-state index >= 15 is 0 Å². The molecule has 4 nitrogen and oxygen atoms in total. The summed E-state index contributed by atoms with van der Waals surface area (Å²) >= 11 is 3.37. The Kier molecular flexibility index (Phi) is 6.49. The molecular weight excluding hydrogens is 320 g/mol. The summed E-state index contributed by atoms with van der Waals surface area (Å²) < 4.78 is 0.789. The van der Waals surface area contributed by atoms with Crippen LogP contribution < -0.4 is 5.73 Å². The van der Waals surface area contributed by atoms with Gasteiger partial charge >= 0.3 is 0 Å². The van der Waals surface area contributed by atoms with Gasteiger partial charge < -0.3 is 15.7 Å². The highest BCUT2D eigenvalue weighted by molar-refractivity contribution is 9.10. The van der Waals surface area contributed by atoms with Gasteiger partial charge in [-0.3, -0.25) is 4.79 Å². The molecule has 0 heterocycles. The second-order valence-electron chi connectivity index (χ2n) is 4.86. The van der Waals surface area contributed by atoms with Crippen LogP contribution in [0.25, 0.3) is 0 Å². The van der Waals surface area contributed by atoms with E-state index in [2.05, 4.69) is 15.9 Å². The van der Waals surface area contributed by atoms with Gasteiger partial charge in [-0.15, -0.1) is 0 Å². The van der Waals surface area contributed by atoms with E-state index in [1.807, 2.05) is 20.8 Å². The largest absolute Gasteiger partial charge is 0.398 e. The fraction of sp³-hybridized carbons (Fsp3) is 0.533. The smallest absolute Gasteiger partial charge is 0.254 e. The zero-order chi connectivity index (χ0) is 15.3.